The molecule has 0 atom stereocenters. The molecule has 0 spiro atoms. The van der Waals surface area contributed by atoms with Crippen molar-refractivity contribution in [2.75, 3.05) is 5.73 Å². The van der Waals surface area contributed by atoms with Crippen molar-refractivity contribution in [3.63, 3.8) is 0 Å². The fourth-order valence-corrected chi connectivity index (χ4v) is 5.56. The summed E-state index contributed by atoms with van der Waals surface area (Å²) in [6.45, 7) is 0. The molecule has 0 aliphatic heterocycles. The number of hydrogen-bond acceptors (Lipinski definition) is 8. The molecule has 3 N–H and O–H groups in total. The minimum absolute atomic E-state index is 0.190. The molecule has 196 valence electrons. The van der Waals surface area contributed by atoms with Gasteiger partial charge in [0.25, 0.3) is 0 Å². The molecule has 4 aromatic carbocycles. The molecule has 42 heavy (non-hydrogen) atoms. The van der Waals surface area contributed by atoms with Crippen molar-refractivity contribution in [3.8, 4) is 40.6 Å². The predicted octanol–water partition coefficient (Wildman–Crippen LogP) is 6.97. The first-order valence-corrected chi connectivity index (χ1v) is 13.2. The van der Waals surface area contributed by atoms with E-state index in [4.69, 9.17) is 10.7 Å². The van der Waals surface area contributed by atoms with Crippen LogP contribution >= 0.6 is 12.8 Å². The lowest BCUT2D eigenvalue weighted by Gasteiger charge is -2.24. The van der Waals surface area contributed by atoms with E-state index in [1.54, 1.807) is 24.3 Å². The van der Waals surface area contributed by atoms with Gasteiger partial charge in [0, 0.05) is 38.9 Å². The van der Waals surface area contributed by atoms with Crippen molar-refractivity contribution in [1.29, 1.82) is 21.2 Å². The van der Waals surface area contributed by atoms with Gasteiger partial charge in [-0.1, -0.05) is 54.6 Å². The van der Waals surface area contributed by atoms with Gasteiger partial charge in [0.05, 0.1) is 51.8 Å². The van der Waals surface area contributed by atoms with Crippen molar-refractivity contribution in [1.82, 2.24) is 4.98 Å². The topological polar surface area (TPSA) is 146 Å². The van der Waals surface area contributed by atoms with Crippen LogP contribution < -0.4 is 5.73 Å². The summed E-state index contributed by atoms with van der Waals surface area (Å²) in [5.74, 6) is 0. The van der Waals surface area contributed by atoms with Crippen LogP contribution in [-0.2, 0) is 0 Å². The Bertz CT molecular complexity index is 2160. The Morgan fingerprint density at radius 2 is 1.52 bits per heavy atom. The molecular weight excluding hydrogens is 538 g/mol. The largest absolute Gasteiger partial charge is 0.398 e. The number of allylic oxidation sites excluding steroid dienone is 1. The molecule has 5 aromatic rings. The van der Waals surface area contributed by atoms with Gasteiger partial charge in [-0.15, -0.1) is 0 Å². The Kier molecular flexibility index (Phi) is 6.57. The molecule has 0 bridgehead atoms. The highest BCUT2D eigenvalue weighted by Crippen LogP contribution is 2.40. The highest BCUT2D eigenvalue weighted by Gasteiger charge is 2.29. The lowest BCUT2D eigenvalue weighted by molar-refractivity contribution is 1.36. The normalized spacial score (nSPS) is 13.1. The number of aromatic nitrogens is 1. The van der Waals surface area contributed by atoms with Gasteiger partial charge in [0.2, 0.25) is 0 Å². The third kappa shape index (κ3) is 4.28. The molecule has 1 aliphatic rings. The Morgan fingerprint density at radius 1 is 0.762 bits per heavy atom. The van der Waals surface area contributed by atoms with Gasteiger partial charge < -0.3 is 5.73 Å². The van der Waals surface area contributed by atoms with E-state index in [9.17, 15) is 21.2 Å². The highest BCUT2D eigenvalue weighted by atomic mass is 32.1. The van der Waals surface area contributed by atoms with Crippen molar-refractivity contribution in [3.05, 3.63) is 118 Å². The first kappa shape index (κ1) is 26.2. The standard InChI is InChI=1S/C34H19N7S/c35-16-19-5-4-8-23(11-19)33-27-15-26(21-6-2-1-3-7-21)34(41-42)32(39)31(27)25-10-9-22(14-29(25)40-33)30-24(18-37)12-20(17-36)13-28(30)38/h1-15,39,42H,38H2/b39-32?,41-34-. The number of rotatable bonds is 3. The number of nitrogens with zero attached hydrogens (tertiary/aromatic N) is 5. The Morgan fingerprint density at radius 3 is 2.24 bits per heavy atom. The van der Waals surface area contributed by atoms with Gasteiger partial charge in [-0.3, -0.25) is 5.41 Å². The van der Waals surface area contributed by atoms with Gasteiger partial charge in [-0.05, 0) is 60.3 Å². The number of nitrogens with one attached hydrogen (secondary N) is 1. The summed E-state index contributed by atoms with van der Waals surface area (Å²) in [6, 6.07) is 31.8. The van der Waals surface area contributed by atoms with Crippen LogP contribution in [0.3, 0.4) is 0 Å². The van der Waals surface area contributed by atoms with Crippen LogP contribution in [0, 0.1) is 39.4 Å². The monoisotopic (exact) mass is 557 g/mol. The Hall–Kier alpha value is -6.01. The molecule has 8 heteroatoms. The summed E-state index contributed by atoms with van der Waals surface area (Å²) in [7, 11) is 0. The molecule has 6 rings (SSSR count). The van der Waals surface area contributed by atoms with Gasteiger partial charge in [-0.25, -0.2) is 9.38 Å². The molecule has 0 amide bonds. The number of hydrogen-bond donors (Lipinski definition) is 3. The second-order valence-electron chi connectivity index (χ2n) is 9.63. The van der Waals surface area contributed by atoms with E-state index >= 15 is 0 Å². The summed E-state index contributed by atoms with van der Waals surface area (Å²) in [5.41, 5.74) is 14.3. The second-order valence-corrected chi connectivity index (χ2v) is 9.83. The first-order chi connectivity index (χ1) is 20.5. The van der Waals surface area contributed by atoms with Crippen LogP contribution in [0.5, 0.6) is 0 Å². The first-order valence-electron chi connectivity index (χ1n) is 12.8. The number of anilines is 1. The van der Waals surface area contributed by atoms with Crippen LogP contribution in [0.15, 0.2) is 89.3 Å². The molecule has 1 aliphatic carbocycles. The van der Waals surface area contributed by atoms with Crippen LogP contribution in [0.4, 0.5) is 5.69 Å². The Labute approximate surface area is 247 Å². The fraction of sp³-hybridized carbons (Fsp3) is 0. The fourth-order valence-electron chi connectivity index (χ4n) is 5.35. The highest BCUT2D eigenvalue weighted by molar-refractivity contribution is 7.79. The molecule has 0 radical (unpaired) electrons. The summed E-state index contributed by atoms with van der Waals surface area (Å²) >= 11 is 4.24. The number of benzene rings is 4. The lowest BCUT2D eigenvalue weighted by atomic mass is 9.82. The number of pyridine rings is 1. The lowest BCUT2D eigenvalue weighted by Crippen LogP contribution is -2.22. The Balaban J connectivity index is 1.69. The van der Waals surface area contributed by atoms with Gasteiger partial charge in [0.15, 0.2) is 0 Å². The van der Waals surface area contributed by atoms with Crippen LogP contribution in [0.25, 0.3) is 44.9 Å². The maximum Gasteiger partial charge on any atom is 0.104 e. The van der Waals surface area contributed by atoms with Crippen LogP contribution in [0.2, 0.25) is 0 Å². The van der Waals surface area contributed by atoms with Crippen LogP contribution in [0.1, 0.15) is 33.4 Å². The van der Waals surface area contributed by atoms with E-state index in [0.717, 1.165) is 22.3 Å². The molecule has 1 aromatic heterocycles. The second kappa shape index (κ2) is 10.5. The third-order valence-corrected chi connectivity index (χ3v) is 7.41. The van der Waals surface area contributed by atoms with Gasteiger partial charge in [-0.2, -0.15) is 15.8 Å². The van der Waals surface area contributed by atoms with E-state index < -0.39 is 0 Å². The summed E-state index contributed by atoms with van der Waals surface area (Å²) in [6.07, 6.45) is 1.97. The van der Waals surface area contributed by atoms with E-state index in [-0.39, 0.29) is 11.3 Å². The number of thiol groups is 1. The zero-order valence-corrected chi connectivity index (χ0v) is 22.8. The maximum atomic E-state index is 9.84. The predicted molar refractivity (Wildman–Crippen MR) is 169 cm³/mol. The van der Waals surface area contributed by atoms with Crippen molar-refractivity contribution in [2.45, 2.75) is 0 Å². The van der Waals surface area contributed by atoms with E-state index in [0.29, 0.717) is 55.8 Å². The average Bonchev–Trinajstić information content (AvgIpc) is 3.03. The number of fused-ring (bicyclic) bond motifs is 3. The third-order valence-electron chi connectivity index (χ3n) is 7.21. The SMILES string of the molecule is N#Cc1cccc(-c2nc3cc(-c4c(N)cc(C#N)cc4C#N)ccc3c3c2C=C(c2ccccc2)/C(=N/S)C3=N)c1. The van der Waals surface area contributed by atoms with Crippen molar-refractivity contribution < 1.29 is 0 Å². The van der Waals surface area contributed by atoms with E-state index in [1.165, 1.54) is 6.07 Å². The maximum absolute atomic E-state index is 9.84. The minimum atomic E-state index is 0.190. The number of nitrogen functional groups attached to an aromatic ring is 1. The van der Waals surface area contributed by atoms with E-state index in [2.05, 4.69) is 29.4 Å². The molecule has 0 fully saturated rings. The van der Waals surface area contributed by atoms with E-state index in [1.807, 2.05) is 66.7 Å². The minimum Gasteiger partial charge on any atom is -0.398 e. The van der Waals surface area contributed by atoms with Gasteiger partial charge >= 0.3 is 0 Å². The number of nitriles is 3. The summed E-state index contributed by atoms with van der Waals surface area (Å²) < 4.78 is 4.21. The number of nitrogens with two attached hydrogens (primary N) is 1. The van der Waals surface area contributed by atoms with Crippen molar-refractivity contribution >= 4 is 52.5 Å². The molecule has 1 heterocycles. The molecule has 0 saturated heterocycles. The zero-order chi connectivity index (χ0) is 29.4. The summed E-state index contributed by atoms with van der Waals surface area (Å²) in [4.78, 5) is 5.07. The molecule has 7 nitrogen and oxygen atoms in total. The molecular formula is C34H19N7S. The van der Waals surface area contributed by atoms with Crippen LogP contribution in [-0.4, -0.2) is 16.4 Å². The smallest absolute Gasteiger partial charge is 0.104 e. The quantitative estimate of drug-likeness (QED) is 0.162. The molecule has 0 saturated carbocycles. The molecule has 0 unspecified atom stereocenters. The zero-order valence-electron chi connectivity index (χ0n) is 21.9. The van der Waals surface area contributed by atoms with Crippen molar-refractivity contribution in [2.24, 2.45) is 4.40 Å². The van der Waals surface area contributed by atoms with Gasteiger partial charge in [0.1, 0.15) is 5.71 Å². The summed E-state index contributed by atoms with van der Waals surface area (Å²) in [5, 5.41) is 38.8. The average molecular weight is 558 g/mol.